The average Bonchev–Trinajstić information content (AvgIpc) is 3.52. The first-order valence-electron chi connectivity index (χ1n) is 9.83. The van der Waals surface area contributed by atoms with Crippen LogP contribution >= 0.6 is 0 Å². The summed E-state index contributed by atoms with van der Waals surface area (Å²) in [5, 5.41) is 6.57. The smallest absolute Gasteiger partial charge is 0.321 e. The molecular weight excluding hydrogens is 405 g/mol. The SMILES string of the molecule is O=C(Nc1ccc(-c2ccccc2)cc1)c1cc2nc(C3CC3)cc(C(F)(F)F)n2n1. The van der Waals surface area contributed by atoms with Crippen molar-refractivity contribution in [2.75, 3.05) is 5.32 Å². The van der Waals surface area contributed by atoms with Crippen molar-refractivity contribution in [1.29, 1.82) is 0 Å². The Morgan fingerprint density at radius 3 is 2.29 bits per heavy atom. The van der Waals surface area contributed by atoms with E-state index >= 15 is 0 Å². The van der Waals surface area contributed by atoms with Gasteiger partial charge in [0.15, 0.2) is 11.3 Å². The van der Waals surface area contributed by atoms with Crippen LogP contribution in [0.15, 0.2) is 66.7 Å². The highest BCUT2D eigenvalue weighted by atomic mass is 19.4. The number of halogens is 3. The lowest BCUT2D eigenvalue weighted by atomic mass is 10.1. The van der Waals surface area contributed by atoms with E-state index in [2.05, 4.69) is 15.4 Å². The minimum atomic E-state index is -4.60. The van der Waals surface area contributed by atoms with Gasteiger partial charge in [0.2, 0.25) is 0 Å². The van der Waals surface area contributed by atoms with Crippen LogP contribution in [0.3, 0.4) is 0 Å². The van der Waals surface area contributed by atoms with Gasteiger partial charge in [-0.1, -0.05) is 42.5 Å². The van der Waals surface area contributed by atoms with Crippen LogP contribution in [0.25, 0.3) is 16.8 Å². The third kappa shape index (κ3) is 3.88. The number of amides is 1. The molecule has 0 saturated heterocycles. The van der Waals surface area contributed by atoms with Gasteiger partial charge in [0.05, 0.1) is 0 Å². The Labute approximate surface area is 175 Å². The molecule has 0 spiro atoms. The molecule has 1 N–H and O–H groups in total. The van der Waals surface area contributed by atoms with Crippen molar-refractivity contribution in [2.24, 2.45) is 0 Å². The lowest BCUT2D eigenvalue weighted by Gasteiger charge is -2.10. The summed E-state index contributed by atoms with van der Waals surface area (Å²) >= 11 is 0. The number of anilines is 1. The van der Waals surface area contributed by atoms with E-state index in [0.29, 0.717) is 15.9 Å². The number of hydrogen-bond donors (Lipinski definition) is 1. The molecule has 156 valence electrons. The third-order valence-corrected chi connectivity index (χ3v) is 5.22. The Kier molecular flexibility index (Phi) is 4.50. The van der Waals surface area contributed by atoms with Crippen molar-refractivity contribution in [3.8, 4) is 11.1 Å². The van der Waals surface area contributed by atoms with Crippen molar-refractivity contribution < 1.29 is 18.0 Å². The van der Waals surface area contributed by atoms with Gasteiger partial charge in [0, 0.05) is 23.4 Å². The molecule has 1 fully saturated rings. The summed E-state index contributed by atoms with van der Waals surface area (Å²) in [7, 11) is 0. The summed E-state index contributed by atoms with van der Waals surface area (Å²) in [5.74, 6) is -0.555. The van der Waals surface area contributed by atoms with Crippen molar-refractivity contribution in [3.05, 3.63) is 83.8 Å². The summed E-state index contributed by atoms with van der Waals surface area (Å²) in [6, 6.07) is 19.3. The first-order valence-corrected chi connectivity index (χ1v) is 9.83. The van der Waals surface area contributed by atoms with Crippen LogP contribution in [-0.2, 0) is 6.18 Å². The van der Waals surface area contributed by atoms with Gasteiger partial charge in [0.25, 0.3) is 5.91 Å². The molecule has 0 unspecified atom stereocenters. The van der Waals surface area contributed by atoms with Gasteiger partial charge in [-0.05, 0) is 42.2 Å². The van der Waals surface area contributed by atoms with Crippen molar-refractivity contribution in [3.63, 3.8) is 0 Å². The van der Waals surface area contributed by atoms with Crippen molar-refractivity contribution >= 4 is 17.2 Å². The zero-order chi connectivity index (χ0) is 21.6. The van der Waals surface area contributed by atoms with Crippen LogP contribution in [0.4, 0.5) is 18.9 Å². The zero-order valence-electron chi connectivity index (χ0n) is 16.2. The van der Waals surface area contributed by atoms with Gasteiger partial charge in [-0.25, -0.2) is 9.50 Å². The van der Waals surface area contributed by atoms with E-state index in [1.165, 1.54) is 6.07 Å². The molecule has 5 rings (SSSR count). The third-order valence-electron chi connectivity index (χ3n) is 5.22. The predicted molar refractivity (Wildman–Crippen MR) is 110 cm³/mol. The van der Waals surface area contributed by atoms with E-state index in [0.717, 1.165) is 30.0 Å². The molecule has 1 saturated carbocycles. The number of carbonyl (C=O) groups excluding carboxylic acids is 1. The van der Waals surface area contributed by atoms with Gasteiger partial charge in [-0.2, -0.15) is 18.3 Å². The molecule has 1 amide bonds. The number of nitrogens with zero attached hydrogens (tertiary/aromatic N) is 3. The number of hydrogen-bond acceptors (Lipinski definition) is 3. The standard InChI is InChI=1S/C23H17F3N4O/c24-23(25,26)20-12-18(16-6-7-16)28-21-13-19(29-30(20)21)22(31)27-17-10-8-15(9-11-17)14-4-2-1-3-5-14/h1-5,8-13,16H,6-7H2,(H,27,31). The maximum absolute atomic E-state index is 13.5. The Hall–Kier alpha value is -3.68. The highest BCUT2D eigenvalue weighted by Crippen LogP contribution is 2.41. The molecule has 1 aliphatic rings. The van der Waals surface area contributed by atoms with Crippen LogP contribution in [0.2, 0.25) is 0 Å². The molecule has 8 heteroatoms. The predicted octanol–water partition coefficient (Wildman–Crippen LogP) is 5.54. The van der Waals surface area contributed by atoms with Crippen LogP contribution in [-0.4, -0.2) is 20.5 Å². The molecule has 0 atom stereocenters. The molecule has 4 aromatic rings. The molecule has 2 heterocycles. The second kappa shape index (κ2) is 7.23. The van der Waals surface area contributed by atoms with Crippen LogP contribution in [0.5, 0.6) is 0 Å². The number of nitrogens with one attached hydrogen (secondary N) is 1. The van der Waals surface area contributed by atoms with Crippen molar-refractivity contribution in [2.45, 2.75) is 24.9 Å². The van der Waals surface area contributed by atoms with Gasteiger partial charge >= 0.3 is 6.18 Å². The molecule has 2 aromatic heterocycles. The Bertz CT molecular complexity index is 1260. The summed E-state index contributed by atoms with van der Waals surface area (Å²) < 4.78 is 41.3. The molecule has 0 aliphatic heterocycles. The lowest BCUT2D eigenvalue weighted by Crippen LogP contribution is -2.16. The Balaban J connectivity index is 1.42. The monoisotopic (exact) mass is 422 g/mol. The Morgan fingerprint density at radius 2 is 1.65 bits per heavy atom. The second-order valence-electron chi connectivity index (χ2n) is 7.54. The van der Waals surface area contributed by atoms with Crippen LogP contribution in [0, 0.1) is 0 Å². The van der Waals surface area contributed by atoms with E-state index in [1.807, 2.05) is 42.5 Å². The largest absolute Gasteiger partial charge is 0.433 e. The highest BCUT2D eigenvalue weighted by molar-refractivity contribution is 6.03. The molecule has 2 aromatic carbocycles. The summed E-state index contributed by atoms with van der Waals surface area (Å²) in [4.78, 5) is 16.9. The number of rotatable bonds is 4. The van der Waals surface area contributed by atoms with Crippen LogP contribution < -0.4 is 5.32 Å². The van der Waals surface area contributed by atoms with Gasteiger partial charge in [-0.3, -0.25) is 4.79 Å². The van der Waals surface area contributed by atoms with Gasteiger partial charge < -0.3 is 5.32 Å². The van der Waals surface area contributed by atoms with Crippen molar-refractivity contribution in [1.82, 2.24) is 14.6 Å². The van der Waals surface area contributed by atoms with E-state index in [4.69, 9.17) is 0 Å². The fraction of sp³-hybridized carbons (Fsp3) is 0.174. The topological polar surface area (TPSA) is 59.3 Å². The summed E-state index contributed by atoms with van der Waals surface area (Å²) in [5.41, 5.74) is 1.90. The normalized spacial score (nSPS) is 14.0. The number of carbonyl (C=O) groups is 1. The van der Waals surface area contributed by atoms with E-state index in [1.54, 1.807) is 12.1 Å². The lowest BCUT2D eigenvalue weighted by molar-refractivity contribution is -0.142. The molecule has 31 heavy (non-hydrogen) atoms. The maximum Gasteiger partial charge on any atom is 0.433 e. The zero-order valence-corrected chi connectivity index (χ0v) is 16.2. The fourth-order valence-electron chi connectivity index (χ4n) is 3.47. The second-order valence-corrected chi connectivity index (χ2v) is 7.54. The molecule has 5 nitrogen and oxygen atoms in total. The highest BCUT2D eigenvalue weighted by Gasteiger charge is 2.37. The van der Waals surface area contributed by atoms with E-state index in [9.17, 15) is 18.0 Å². The molecule has 0 bridgehead atoms. The maximum atomic E-state index is 13.5. The first-order chi connectivity index (χ1) is 14.9. The summed E-state index contributed by atoms with van der Waals surface area (Å²) in [6.45, 7) is 0. The van der Waals surface area contributed by atoms with E-state index < -0.39 is 17.8 Å². The minimum Gasteiger partial charge on any atom is -0.321 e. The number of benzene rings is 2. The Morgan fingerprint density at radius 1 is 0.968 bits per heavy atom. The average molecular weight is 422 g/mol. The number of alkyl halides is 3. The minimum absolute atomic E-state index is 0.0151. The summed E-state index contributed by atoms with van der Waals surface area (Å²) in [6.07, 6.45) is -2.96. The number of aromatic nitrogens is 3. The van der Waals surface area contributed by atoms with Gasteiger partial charge in [-0.15, -0.1) is 0 Å². The molecular formula is C23H17F3N4O. The van der Waals surface area contributed by atoms with E-state index in [-0.39, 0.29) is 17.3 Å². The molecule has 1 aliphatic carbocycles. The molecule has 0 radical (unpaired) electrons. The fourth-order valence-corrected chi connectivity index (χ4v) is 3.47. The van der Waals surface area contributed by atoms with Crippen LogP contribution in [0.1, 0.15) is 40.6 Å². The first kappa shape index (κ1) is 19.3. The quantitative estimate of drug-likeness (QED) is 0.469. The van der Waals surface area contributed by atoms with Gasteiger partial charge in [0.1, 0.15) is 5.69 Å². The number of fused-ring (bicyclic) bond motifs is 1.